The Labute approximate surface area is 154 Å². The zero-order chi connectivity index (χ0) is 17.9. The highest BCUT2D eigenvalue weighted by molar-refractivity contribution is 5.57. The lowest BCUT2D eigenvalue weighted by Gasteiger charge is -2.19. The second-order valence-corrected chi connectivity index (χ2v) is 7.11. The van der Waals surface area contributed by atoms with E-state index in [0.717, 1.165) is 48.8 Å². The van der Waals surface area contributed by atoms with Gasteiger partial charge in [-0.05, 0) is 57.1 Å². The van der Waals surface area contributed by atoms with Gasteiger partial charge in [0.2, 0.25) is 0 Å². The molecule has 0 bridgehead atoms. The topological polar surface area (TPSA) is 66.5 Å². The van der Waals surface area contributed by atoms with Crippen LogP contribution in [0.3, 0.4) is 0 Å². The third kappa shape index (κ3) is 3.62. The largest absolute Gasteiger partial charge is 0.323 e. The zero-order valence-corrected chi connectivity index (χ0v) is 15.5. The summed E-state index contributed by atoms with van der Waals surface area (Å²) in [6, 6.07) is 10.5. The normalized spacial score (nSPS) is 13.5. The Hall–Kier alpha value is -2.69. The van der Waals surface area contributed by atoms with E-state index in [4.69, 9.17) is 9.97 Å². The van der Waals surface area contributed by atoms with Crippen LogP contribution in [0.15, 0.2) is 30.3 Å². The van der Waals surface area contributed by atoms with Crippen molar-refractivity contribution in [2.24, 2.45) is 0 Å². The van der Waals surface area contributed by atoms with E-state index in [2.05, 4.69) is 46.7 Å². The highest BCUT2D eigenvalue weighted by Gasteiger charge is 2.18. The predicted molar refractivity (Wildman–Crippen MR) is 104 cm³/mol. The predicted octanol–water partition coefficient (Wildman–Crippen LogP) is 4.22. The van der Waals surface area contributed by atoms with Crippen LogP contribution in [-0.4, -0.2) is 20.2 Å². The number of aromatic nitrogens is 4. The number of anilines is 2. The summed E-state index contributed by atoms with van der Waals surface area (Å²) >= 11 is 0. The van der Waals surface area contributed by atoms with Gasteiger partial charge in [-0.15, -0.1) is 0 Å². The number of rotatable bonds is 5. The molecule has 0 unspecified atom stereocenters. The molecule has 5 nitrogen and oxygen atoms in total. The fourth-order valence-corrected chi connectivity index (χ4v) is 3.60. The molecule has 0 fully saturated rings. The maximum atomic E-state index is 4.89. The number of aryl methyl sites for hydroxylation is 5. The van der Waals surface area contributed by atoms with Crippen molar-refractivity contribution in [1.29, 1.82) is 0 Å². The zero-order valence-electron chi connectivity index (χ0n) is 15.5. The van der Waals surface area contributed by atoms with E-state index in [1.165, 1.54) is 35.2 Å². The molecule has 1 aliphatic carbocycles. The van der Waals surface area contributed by atoms with Crippen molar-refractivity contribution in [3.63, 3.8) is 0 Å². The summed E-state index contributed by atoms with van der Waals surface area (Å²) < 4.78 is 0. The summed E-state index contributed by atoms with van der Waals surface area (Å²) in [5.74, 6) is 2.67. The molecule has 5 heteroatoms. The molecule has 0 radical (unpaired) electrons. The Balaban J connectivity index is 1.60. The Morgan fingerprint density at radius 1 is 1.04 bits per heavy atom. The molecule has 1 aromatic carbocycles. The smallest absolute Gasteiger partial charge is 0.153 e. The van der Waals surface area contributed by atoms with Gasteiger partial charge in [-0.1, -0.05) is 24.3 Å². The van der Waals surface area contributed by atoms with Gasteiger partial charge in [0.25, 0.3) is 0 Å². The van der Waals surface area contributed by atoms with Crippen LogP contribution >= 0.6 is 0 Å². The number of fused-ring (bicyclic) bond motifs is 1. The molecule has 1 aliphatic rings. The van der Waals surface area contributed by atoms with Gasteiger partial charge in [0.1, 0.15) is 11.6 Å². The fraction of sp³-hybridized carbons (Fsp3) is 0.381. The van der Waals surface area contributed by atoms with Crippen LogP contribution in [0, 0.1) is 13.8 Å². The van der Waals surface area contributed by atoms with Crippen LogP contribution in [0.1, 0.15) is 46.7 Å². The minimum atomic E-state index is 0.818. The first-order valence-corrected chi connectivity index (χ1v) is 9.41. The van der Waals surface area contributed by atoms with Crippen molar-refractivity contribution in [2.75, 3.05) is 5.32 Å². The lowest BCUT2D eigenvalue weighted by molar-refractivity contribution is 0.654. The lowest BCUT2D eigenvalue weighted by Crippen LogP contribution is -2.14. The Morgan fingerprint density at radius 3 is 2.69 bits per heavy atom. The third-order valence-electron chi connectivity index (χ3n) is 5.06. The van der Waals surface area contributed by atoms with Crippen LogP contribution in [0.4, 0.5) is 11.6 Å². The van der Waals surface area contributed by atoms with E-state index in [9.17, 15) is 0 Å². The van der Waals surface area contributed by atoms with Gasteiger partial charge in [0, 0.05) is 29.4 Å². The van der Waals surface area contributed by atoms with Gasteiger partial charge in [-0.3, -0.25) is 5.10 Å². The van der Waals surface area contributed by atoms with Gasteiger partial charge in [0.05, 0.1) is 0 Å². The SMILES string of the molecule is Cc1cc(Nc2nc(CCc3ccccc3C)nc3c2CCCC3)n[nH]1. The monoisotopic (exact) mass is 347 g/mol. The first-order valence-electron chi connectivity index (χ1n) is 9.41. The number of hydrogen-bond acceptors (Lipinski definition) is 4. The maximum Gasteiger partial charge on any atom is 0.153 e. The van der Waals surface area contributed by atoms with E-state index in [-0.39, 0.29) is 0 Å². The van der Waals surface area contributed by atoms with Crippen molar-refractivity contribution in [2.45, 2.75) is 52.4 Å². The van der Waals surface area contributed by atoms with Gasteiger partial charge in [-0.2, -0.15) is 5.10 Å². The van der Waals surface area contributed by atoms with E-state index < -0.39 is 0 Å². The first-order chi connectivity index (χ1) is 12.7. The summed E-state index contributed by atoms with van der Waals surface area (Å²) in [6.45, 7) is 4.16. The second-order valence-electron chi connectivity index (χ2n) is 7.11. The molecule has 3 aromatic rings. The van der Waals surface area contributed by atoms with Crippen molar-refractivity contribution in [3.05, 3.63) is 64.2 Å². The molecule has 134 valence electrons. The molecule has 2 N–H and O–H groups in total. The minimum Gasteiger partial charge on any atom is -0.323 e. The molecule has 0 saturated carbocycles. The van der Waals surface area contributed by atoms with E-state index >= 15 is 0 Å². The molecule has 0 aliphatic heterocycles. The van der Waals surface area contributed by atoms with Crippen LogP contribution in [0.25, 0.3) is 0 Å². The molecule has 2 heterocycles. The van der Waals surface area contributed by atoms with Crippen molar-refractivity contribution >= 4 is 11.6 Å². The average Bonchev–Trinajstić information content (AvgIpc) is 3.06. The van der Waals surface area contributed by atoms with E-state index in [1.54, 1.807) is 0 Å². The molecule has 26 heavy (non-hydrogen) atoms. The molecule has 0 saturated heterocycles. The number of nitrogens with zero attached hydrogens (tertiary/aromatic N) is 3. The van der Waals surface area contributed by atoms with E-state index in [1.807, 2.05) is 13.0 Å². The summed E-state index contributed by atoms with van der Waals surface area (Å²) in [5.41, 5.74) is 6.20. The highest BCUT2D eigenvalue weighted by Crippen LogP contribution is 2.27. The third-order valence-corrected chi connectivity index (χ3v) is 5.06. The standard InChI is InChI=1S/C21H25N5/c1-14-7-3-4-8-16(14)11-12-19-22-18-10-6-5-9-17(18)21(23-19)24-20-13-15(2)25-26-20/h3-4,7-8,13H,5-6,9-12H2,1-2H3,(H2,22,23,24,25,26). The molecule has 2 aromatic heterocycles. The number of aromatic amines is 1. The summed E-state index contributed by atoms with van der Waals surface area (Å²) in [7, 11) is 0. The summed E-state index contributed by atoms with van der Waals surface area (Å²) in [6.07, 6.45) is 6.32. The molecule has 4 rings (SSSR count). The van der Waals surface area contributed by atoms with Crippen LogP contribution in [0.5, 0.6) is 0 Å². The minimum absolute atomic E-state index is 0.818. The Bertz CT molecular complexity index is 913. The Kier molecular flexibility index (Phi) is 4.69. The van der Waals surface area contributed by atoms with E-state index in [0.29, 0.717) is 0 Å². The molecular formula is C21H25N5. The van der Waals surface area contributed by atoms with Crippen molar-refractivity contribution in [3.8, 4) is 0 Å². The highest BCUT2D eigenvalue weighted by atomic mass is 15.2. The summed E-state index contributed by atoms with van der Waals surface area (Å²) in [4.78, 5) is 9.75. The number of H-pyrrole nitrogens is 1. The van der Waals surface area contributed by atoms with Crippen LogP contribution < -0.4 is 5.32 Å². The van der Waals surface area contributed by atoms with Gasteiger partial charge in [-0.25, -0.2) is 9.97 Å². The second kappa shape index (κ2) is 7.28. The van der Waals surface area contributed by atoms with Crippen LogP contribution in [0.2, 0.25) is 0 Å². The Morgan fingerprint density at radius 2 is 1.88 bits per heavy atom. The van der Waals surface area contributed by atoms with Crippen molar-refractivity contribution < 1.29 is 0 Å². The van der Waals surface area contributed by atoms with Crippen LogP contribution in [-0.2, 0) is 25.7 Å². The van der Waals surface area contributed by atoms with Gasteiger partial charge >= 0.3 is 0 Å². The average molecular weight is 347 g/mol. The first kappa shape index (κ1) is 16.8. The van der Waals surface area contributed by atoms with Gasteiger partial charge < -0.3 is 5.32 Å². The molecule has 0 spiro atoms. The molecular weight excluding hydrogens is 322 g/mol. The number of benzene rings is 1. The fourth-order valence-electron chi connectivity index (χ4n) is 3.60. The quantitative estimate of drug-likeness (QED) is 0.725. The lowest BCUT2D eigenvalue weighted by atomic mass is 9.96. The van der Waals surface area contributed by atoms with Gasteiger partial charge in [0.15, 0.2) is 5.82 Å². The molecule has 0 amide bonds. The number of hydrogen-bond donors (Lipinski definition) is 2. The summed E-state index contributed by atoms with van der Waals surface area (Å²) in [5, 5.41) is 10.7. The van der Waals surface area contributed by atoms with Crippen molar-refractivity contribution in [1.82, 2.24) is 20.2 Å². The maximum absolute atomic E-state index is 4.89. The number of nitrogens with one attached hydrogen (secondary N) is 2. The molecule has 0 atom stereocenters.